The Bertz CT molecular complexity index is 722. The second-order valence-electron chi connectivity index (χ2n) is 3.88. The van der Waals surface area contributed by atoms with Crippen molar-refractivity contribution in [1.29, 1.82) is 0 Å². The summed E-state index contributed by atoms with van der Waals surface area (Å²) < 4.78 is 31.4. The lowest BCUT2D eigenvalue weighted by Crippen LogP contribution is -1.88. The number of nitrogens with two attached hydrogens (primary N) is 1. The van der Waals surface area contributed by atoms with Crippen LogP contribution in [-0.4, -0.2) is 5.16 Å². The van der Waals surface area contributed by atoms with E-state index < -0.39 is 11.6 Å². The van der Waals surface area contributed by atoms with E-state index in [0.717, 1.165) is 17.0 Å². The van der Waals surface area contributed by atoms with Gasteiger partial charge in [-0.05, 0) is 29.6 Å². The van der Waals surface area contributed by atoms with Crippen LogP contribution in [0.5, 0.6) is 0 Å². The Labute approximate surface area is 111 Å². The highest BCUT2D eigenvalue weighted by Gasteiger charge is 2.19. The first-order chi connectivity index (χ1) is 9.16. The molecule has 0 fully saturated rings. The molecule has 2 aromatic heterocycles. The highest BCUT2D eigenvalue weighted by atomic mass is 32.1. The maximum absolute atomic E-state index is 13.3. The number of nitrogen functional groups attached to an aromatic ring is 1. The smallest absolute Gasteiger partial charge is 0.177 e. The van der Waals surface area contributed by atoms with Gasteiger partial charge in [-0.1, -0.05) is 11.2 Å². The van der Waals surface area contributed by atoms with Gasteiger partial charge in [0.25, 0.3) is 0 Å². The average Bonchev–Trinajstić information content (AvgIpc) is 3.01. The van der Waals surface area contributed by atoms with Crippen LogP contribution in [0, 0.1) is 11.6 Å². The van der Waals surface area contributed by atoms with Gasteiger partial charge < -0.3 is 10.3 Å². The summed E-state index contributed by atoms with van der Waals surface area (Å²) in [6, 6.07) is 7.25. The van der Waals surface area contributed by atoms with E-state index in [2.05, 4.69) is 5.16 Å². The van der Waals surface area contributed by atoms with E-state index in [-0.39, 0.29) is 5.82 Å². The fourth-order valence-electron chi connectivity index (χ4n) is 1.80. The number of anilines is 1. The molecule has 3 rings (SSSR count). The SMILES string of the molecule is Nc1noc(-c2ccc(F)c(F)c2)c1-c1cccs1. The number of halogens is 2. The van der Waals surface area contributed by atoms with E-state index in [0.29, 0.717) is 16.9 Å². The monoisotopic (exact) mass is 278 g/mol. The molecule has 6 heteroatoms. The van der Waals surface area contributed by atoms with Crippen molar-refractivity contribution in [3.8, 4) is 21.8 Å². The minimum atomic E-state index is -0.940. The third-order valence-corrected chi connectivity index (χ3v) is 3.56. The summed E-state index contributed by atoms with van der Waals surface area (Å²) in [5.74, 6) is -1.29. The lowest BCUT2D eigenvalue weighted by atomic mass is 10.1. The van der Waals surface area contributed by atoms with Gasteiger partial charge in [0.2, 0.25) is 0 Å². The fourth-order valence-corrected chi connectivity index (χ4v) is 2.57. The topological polar surface area (TPSA) is 52.0 Å². The van der Waals surface area contributed by atoms with E-state index in [1.807, 2.05) is 17.5 Å². The van der Waals surface area contributed by atoms with Crippen LogP contribution in [0.4, 0.5) is 14.6 Å². The molecular weight excluding hydrogens is 270 g/mol. The fraction of sp³-hybridized carbons (Fsp3) is 0. The van der Waals surface area contributed by atoms with Gasteiger partial charge in [0.05, 0.1) is 5.56 Å². The Morgan fingerprint density at radius 2 is 2.00 bits per heavy atom. The molecule has 0 amide bonds. The second-order valence-corrected chi connectivity index (χ2v) is 4.83. The van der Waals surface area contributed by atoms with Crippen LogP contribution in [-0.2, 0) is 0 Å². The minimum Gasteiger partial charge on any atom is -0.380 e. The molecule has 0 aliphatic rings. The summed E-state index contributed by atoms with van der Waals surface area (Å²) in [4.78, 5) is 0.860. The Morgan fingerprint density at radius 3 is 2.68 bits per heavy atom. The predicted molar refractivity (Wildman–Crippen MR) is 69.6 cm³/mol. The van der Waals surface area contributed by atoms with Crippen LogP contribution >= 0.6 is 11.3 Å². The first-order valence-corrected chi connectivity index (χ1v) is 6.29. The predicted octanol–water partition coefficient (Wildman–Crippen LogP) is 3.93. The number of aromatic nitrogens is 1. The summed E-state index contributed by atoms with van der Waals surface area (Å²) in [5, 5.41) is 5.58. The van der Waals surface area contributed by atoms with Crippen molar-refractivity contribution in [2.75, 3.05) is 5.73 Å². The molecule has 0 bridgehead atoms. The quantitative estimate of drug-likeness (QED) is 0.772. The number of benzene rings is 1. The van der Waals surface area contributed by atoms with Crippen LogP contribution < -0.4 is 5.73 Å². The first-order valence-electron chi connectivity index (χ1n) is 5.41. The van der Waals surface area contributed by atoms with Gasteiger partial charge in [0, 0.05) is 10.4 Å². The molecule has 1 aromatic carbocycles. The Kier molecular flexibility index (Phi) is 2.79. The molecule has 2 heterocycles. The first kappa shape index (κ1) is 11.9. The van der Waals surface area contributed by atoms with E-state index in [9.17, 15) is 8.78 Å². The molecule has 0 aliphatic heterocycles. The van der Waals surface area contributed by atoms with Crippen LogP contribution in [0.2, 0.25) is 0 Å². The third kappa shape index (κ3) is 2.00. The molecule has 0 radical (unpaired) electrons. The lowest BCUT2D eigenvalue weighted by Gasteiger charge is -2.01. The van der Waals surface area contributed by atoms with E-state index in [1.165, 1.54) is 17.4 Å². The van der Waals surface area contributed by atoms with Crippen LogP contribution in [0.3, 0.4) is 0 Å². The molecule has 0 saturated carbocycles. The average molecular weight is 278 g/mol. The molecule has 0 spiro atoms. The minimum absolute atomic E-state index is 0.224. The zero-order valence-corrected chi connectivity index (χ0v) is 10.4. The van der Waals surface area contributed by atoms with Crippen molar-refractivity contribution in [3.63, 3.8) is 0 Å². The number of nitrogens with zero attached hydrogens (tertiary/aromatic N) is 1. The normalized spacial score (nSPS) is 10.8. The maximum Gasteiger partial charge on any atom is 0.177 e. The van der Waals surface area contributed by atoms with Gasteiger partial charge in [-0.3, -0.25) is 0 Å². The maximum atomic E-state index is 13.3. The Hall–Kier alpha value is -2.21. The summed E-state index contributed by atoms with van der Waals surface area (Å²) in [6.45, 7) is 0. The lowest BCUT2D eigenvalue weighted by molar-refractivity contribution is 0.435. The molecule has 19 heavy (non-hydrogen) atoms. The Balaban J connectivity index is 2.18. The zero-order chi connectivity index (χ0) is 13.4. The summed E-state index contributed by atoms with van der Waals surface area (Å²) in [5.41, 5.74) is 6.76. The molecule has 3 aromatic rings. The van der Waals surface area contributed by atoms with Crippen LogP contribution in [0.25, 0.3) is 21.8 Å². The van der Waals surface area contributed by atoms with Crippen molar-refractivity contribution in [2.24, 2.45) is 0 Å². The summed E-state index contributed by atoms with van der Waals surface area (Å²) >= 11 is 1.46. The number of rotatable bonds is 2. The van der Waals surface area contributed by atoms with Crippen molar-refractivity contribution in [3.05, 3.63) is 47.3 Å². The van der Waals surface area contributed by atoms with Gasteiger partial charge in [0.15, 0.2) is 23.2 Å². The Morgan fingerprint density at radius 1 is 1.16 bits per heavy atom. The third-order valence-electron chi connectivity index (χ3n) is 2.67. The molecule has 96 valence electrons. The van der Waals surface area contributed by atoms with Crippen molar-refractivity contribution in [1.82, 2.24) is 5.16 Å². The molecule has 0 unspecified atom stereocenters. The van der Waals surface area contributed by atoms with Gasteiger partial charge in [-0.15, -0.1) is 11.3 Å². The van der Waals surface area contributed by atoms with Crippen LogP contribution in [0.1, 0.15) is 0 Å². The summed E-state index contributed by atoms with van der Waals surface area (Å²) in [6.07, 6.45) is 0. The highest BCUT2D eigenvalue weighted by molar-refractivity contribution is 7.13. The van der Waals surface area contributed by atoms with Crippen molar-refractivity contribution < 1.29 is 13.3 Å². The zero-order valence-electron chi connectivity index (χ0n) is 9.56. The molecule has 0 saturated heterocycles. The molecule has 3 nitrogen and oxygen atoms in total. The van der Waals surface area contributed by atoms with Gasteiger partial charge >= 0.3 is 0 Å². The number of hydrogen-bond donors (Lipinski definition) is 1. The largest absolute Gasteiger partial charge is 0.380 e. The molecule has 2 N–H and O–H groups in total. The van der Waals surface area contributed by atoms with Crippen molar-refractivity contribution >= 4 is 17.2 Å². The van der Waals surface area contributed by atoms with E-state index >= 15 is 0 Å². The highest BCUT2D eigenvalue weighted by Crippen LogP contribution is 2.38. The van der Waals surface area contributed by atoms with E-state index in [1.54, 1.807) is 0 Å². The van der Waals surface area contributed by atoms with Gasteiger partial charge in [-0.2, -0.15) is 0 Å². The molecule has 0 aliphatic carbocycles. The van der Waals surface area contributed by atoms with E-state index in [4.69, 9.17) is 10.3 Å². The standard InChI is InChI=1S/C13H8F2N2OS/c14-8-4-3-7(6-9(8)15)12-11(13(16)17-18-12)10-2-1-5-19-10/h1-6H,(H2,16,17). The second kappa shape index (κ2) is 4.47. The molecule has 0 atom stereocenters. The van der Waals surface area contributed by atoms with Gasteiger partial charge in [0.1, 0.15) is 0 Å². The van der Waals surface area contributed by atoms with Crippen LogP contribution in [0.15, 0.2) is 40.2 Å². The number of hydrogen-bond acceptors (Lipinski definition) is 4. The van der Waals surface area contributed by atoms with Gasteiger partial charge in [-0.25, -0.2) is 8.78 Å². The molecular formula is C13H8F2N2OS. The summed E-state index contributed by atoms with van der Waals surface area (Å²) in [7, 11) is 0. The van der Waals surface area contributed by atoms with Crippen molar-refractivity contribution in [2.45, 2.75) is 0 Å². The number of thiophene rings is 1.